The number of alkyl halides is 1. The maximum Gasteiger partial charge on any atom is 0.243 e. The van der Waals surface area contributed by atoms with E-state index in [0.717, 1.165) is 17.8 Å². The van der Waals surface area contributed by atoms with Gasteiger partial charge in [0.1, 0.15) is 12.2 Å². The van der Waals surface area contributed by atoms with Gasteiger partial charge in [0.15, 0.2) is 0 Å². The predicted molar refractivity (Wildman–Crippen MR) is 117 cm³/mol. The van der Waals surface area contributed by atoms with Gasteiger partial charge in [-0.15, -0.1) is 0 Å². The van der Waals surface area contributed by atoms with E-state index in [9.17, 15) is 9.18 Å². The van der Waals surface area contributed by atoms with Crippen LogP contribution in [0.15, 0.2) is 36.7 Å². The van der Waals surface area contributed by atoms with Crippen LogP contribution in [0.25, 0.3) is 0 Å². The molecular formula is C23H31FN6O. The first-order valence-corrected chi connectivity index (χ1v) is 11.3. The summed E-state index contributed by atoms with van der Waals surface area (Å²) < 4.78 is 16.5. The number of rotatable bonds is 5. The molecule has 31 heavy (non-hydrogen) atoms. The zero-order chi connectivity index (χ0) is 21.4. The molecule has 1 aromatic carbocycles. The van der Waals surface area contributed by atoms with Crippen molar-refractivity contribution in [1.29, 1.82) is 0 Å². The van der Waals surface area contributed by atoms with E-state index in [0.29, 0.717) is 12.8 Å². The third-order valence-electron chi connectivity index (χ3n) is 7.07. The van der Waals surface area contributed by atoms with E-state index in [-0.39, 0.29) is 29.8 Å². The summed E-state index contributed by atoms with van der Waals surface area (Å²) in [5.41, 5.74) is 9.25. The Hall–Kier alpha value is -2.29. The molecule has 5 atom stereocenters. The molecule has 3 aliphatic rings. The van der Waals surface area contributed by atoms with Crippen LogP contribution in [0.1, 0.15) is 42.7 Å². The highest BCUT2D eigenvalue weighted by atomic mass is 19.1. The minimum atomic E-state index is -0.940. The monoisotopic (exact) mass is 426 g/mol. The van der Waals surface area contributed by atoms with Crippen molar-refractivity contribution in [3.63, 3.8) is 0 Å². The van der Waals surface area contributed by atoms with E-state index in [1.165, 1.54) is 31.5 Å². The Morgan fingerprint density at radius 3 is 2.68 bits per heavy atom. The van der Waals surface area contributed by atoms with Crippen LogP contribution in [-0.2, 0) is 18.4 Å². The number of carbonyl (C=O) groups excluding carboxylic acids is 1. The zero-order valence-corrected chi connectivity index (χ0v) is 17.9. The minimum Gasteiger partial charge on any atom is -0.325 e. The fraction of sp³-hybridized carbons (Fsp3) is 0.565. The summed E-state index contributed by atoms with van der Waals surface area (Å²) in [6.45, 7) is 3.30. The molecule has 5 rings (SSSR count). The number of fused-ring (bicyclic) bond motifs is 1. The SMILES string of the molecule is Cn1cc(C2CC3C(CC2F)NNC3C(=O)Nc2ccc(CN3CCCC3)cc2)cn1. The number of hydrogen-bond acceptors (Lipinski definition) is 5. The van der Waals surface area contributed by atoms with Crippen molar-refractivity contribution < 1.29 is 9.18 Å². The number of likely N-dealkylation sites (tertiary alicyclic amines) is 1. The topological polar surface area (TPSA) is 74.2 Å². The lowest BCUT2D eigenvalue weighted by molar-refractivity contribution is -0.119. The van der Waals surface area contributed by atoms with E-state index in [2.05, 4.69) is 38.3 Å². The van der Waals surface area contributed by atoms with Crippen LogP contribution < -0.4 is 16.2 Å². The average molecular weight is 427 g/mol. The van der Waals surface area contributed by atoms with Gasteiger partial charge in [0, 0.05) is 43.4 Å². The summed E-state index contributed by atoms with van der Waals surface area (Å²) >= 11 is 0. The van der Waals surface area contributed by atoms with Crippen molar-refractivity contribution in [3.05, 3.63) is 47.8 Å². The van der Waals surface area contributed by atoms with Gasteiger partial charge in [-0.05, 0) is 62.0 Å². The van der Waals surface area contributed by atoms with Crippen molar-refractivity contribution in [2.24, 2.45) is 13.0 Å². The summed E-state index contributed by atoms with van der Waals surface area (Å²) in [6.07, 6.45) is 6.26. The van der Waals surface area contributed by atoms with Gasteiger partial charge in [0.2, 0.25) is 5.91 Å². The van der Waals surface area contributed by atoms with Gasteiger partial charge < -0.3 is 5.32 Å². The highest BCUT2D eigenvalue weighted by Gasteiger charge is 2.47. The predicted octanol–water partition coefficient (Wildman–Crippen LogP) is 2.33. The van der Waals surface area contributed by atoms with Crippen LogP contribution in [0.5, 0.6) is 0 Å². The van der Waals surface area contributed by atoms with Crippen LogP contribution in [-0.4, -0.2) is 51.9 Å². The van der Waals surface area contributed by atoms with E-state index < -0.39 is 6.17 Å². The molecule has 1 aliphatic carbocycles. The fourth-order valence-corrected chi connectivity index (χ4v) is 5.37. The summed E-state index contributed by atoms with van der Waals surface area (Å²) in [4.78, 5) is 15.5. The van der Waals surface area contributed by atoms with Crippen molar-refractivity contribution in [2.45, 2.75) is 56.4 Å². The number of aryl methyl sites for hydroxylation is 1. The smallest absolute Gasteiger partial charge is 0.243 e. The highest BCUT2D eigenvalue weighted by Crippen LogP contribution is 2.41. The maximum atomic E-state index is 14.8. The summed E-state index contributed by atoms with van der Waals surface area (Å²) in [5.74, 6) is -0.266. The van der Waals surface area contributed by atoms with Gasteiger partial charge in [0.25, 0.3) is 0 Å². The van der Waals surface area contributed by atoms with E-state index >= 15 is 0 Å². The standard InChI is InChI=1S/C23H31FN6O/c1-29-14-16(12-25-29)18-10-19-21(11-20(18)24)27-28-22(19)23(31)26-17-6-4-15(5-7-17)13-30-8-2-3-9-30/h4-7,12,14,18-22,27-28H,2-3,8-11,13H2,1H3,(H,26,31). The number of nitrogens with zero attached hydrogens (tertiary/aromatic N) is 3. The van der Waals surface area contributed by atoms with Gasteiger partial charge in [-0.2, -0.15) is 5.10 Å². The second-order valence-electron chi connectivity index (χ2n) is 9.25. The number of nitrogens with one attached hydrogen (secondary N) is 3. The molecule has 5 unspecified atom stereocenters. The zero-order valence-electron chi connectivity index (χ0n) is 17.9. The molecule has 1 amide bonds. The summed E-state index contributed by atoms with van der Waals surface area (Å²) in [5, 5.41) is 7.24. The van der Waals surface area contributed by atoms with Gasteiger partial charge in [-0.25, -0.2) is 9.82 Å². The molecule has 3 fully saturated rings. The largest absolute Gasteiger partial charge is 0.325 e. The number of aromatic nitrogens is 2. The minimum absolute atomic E-state index is 0.0339. The first-order chi connectivity index (χ1) is 15.1. The molecule has 2 aliphatic heterocycles. The molecule has 3 heterocycles. The molecule has 3 N–H and O–H groups in total. The molecule has 2 aromatic rings. The summed E-state index contributed by atoms with van der Waals surface area (Å²) in [6, 6.07) is 7.69. The third kappa shape index (κ3) is 4.37. The molecule has 2 saturated heterocycles. The quantitative estimate of drug-likeness (QED) is 0.684. The molecular weight excluding hydrogens is 395 g/mol. The summed E-state index contributed by atoms with van der Waals surface area (Å²) in [7, 11) is 1.84. The van der Waals surface area contributed by atoms with Gasteiger partial charge in [-0.1, -0.05) is 12.1 Å². The number of carbonyl (C=O) groups is 1. The number of anilines is 1. The van der Waals surface area contributed by atoms with Crippen LogP contribution in [0.4, 0.5) is 10.1 Å². The van der Waals surface area contributed by atoms with Gasteiger partial charge in [-0.3, -0.25) is 19.8 Å². The number of amides is 1. The Kier molecular flexibility index (Phi) is 5.77. The molecule has 7 nitrogen and oxygen atoms in total. The second-order valence-corrected chi connectivity index (χ2v) is 9.25. The van der Waals surface area contributed by atoms with Crippen molar-refractivity contribution in [3.8, 4) is 0 Å². The first-order valence-electron chi connectivity index (χ1n) is 11.3. The Bertz CT molecular complexity index is 909. The Balaban J connectivity index is 1.22. The van der Waals surface area contributed by atoms with Crippen molar-refractivity contribution >= 4 is 11.6 Å². The maximum absolute atomic E-state index is 14.8. The molecule has 1 saturated carbocycles. The molecule has 8 heteroatoms. The van der Waals surface area contributed by atoms with Crippen LogP contribution in [0.2, 0.25) is 0 Å². The normalized spacial score (nSPS) is 31.0. The Morgan fingerprint density at radius 2 is 1.97 bits per heavy atom. The van der Waals surface area contributed by atoms with Crippen molar-refractivity contribution in [2.75, 3.05) is 18.4 Å². The van der Waals surface area contributed by atoms with Crippen LogP contribution >= 0.6 is 0 Å². The van der Waals surface area contributed by atoms with Crippen molar-refractivity contribution in [1.82, 2.24) is 25.5 Å². The van der Waals surface area contributed by atoms with Crippen LogP contribution in [0.3, 0.4) is 0 Å². The molecule has 0 radical (unpaired) electrons. The lowest BCUT2D eigenvalue weighted by Crippen LogP contribution is -2.43. The second kappa shape index (κ2) is 8.68. The first kappa shape index (κ1) is 20.6. The number of hydrogen-bond donors (Lipinski definition) is 3. The number of benzene rings is 1. The van der Waals surface area contributed by atoms with E-state index in [1.807, 2.05) is 25.4 Å². The molecule has 0 spiro atoms. The van der Waals surface area contributed by atoms with Gasteiger partial charge in [0.05, 0.1) is 6.20 Å². The molecule has 1 aromatic heterocycles. The lowest BCUT2D eigenvalue weighted by Gasteiger charge is -2.34. The van der Waals surface area contributed by atoms with Gasteiger partial charge >= 0.3 is 0 Å². The number of hydrazine groups is 1. The average Bonchev–Trinajstić information content (AvgIpc) is 3.50. The van der Waals surface area contributed by atoms with E-state index in [1.54, 1.807) is 10.9 Å². The number of halogens is 1. The Morgan fingerprint density at radius 1 is 1.19 bits per heavy atom. The lowest BCUT2D eigenvalue weighted by atomic mass is 9.73. The highest BCUT2D eigenvalue weighted by molar-refractivity contribution is 5.95. The molecule has 166 valence electrons. The molecule has 0 bridgehead atoms. The van der Waals surface area contributed by atoms with E-state index in [4.69, 9.17) is 0 Å². The van der Waals surface area contributed by atoms with Crippen LogP contribution in [0, 0.1) is 5.92 Å². The Labute approximate surface area is 182 Å². The third-order valence-corrected chi connectivity index (χ3v) is 7.07. The fourth-order valence-electron chi connectivity index (χ4n) is 5.37.